The predicted octanol–water partition coefficient (Wildman–Crippen LogP) is 1.17. The largest absolute Gasteiger partial charge is 0.479 e. The molecular weight excluding hydrogens is 262 g/mol. The summed E-state index contributed by atoms with van der Waals surface area (Å²) in [4.78, 5) is 22.2. The zero-order valence-corrected chi connectivity index (χ0v) is 11.0. The average Bonchev–Trinajstić information content (AvgIpc) is 2.44. The summed E-state index contributed by atoms with van der Waals surface area (Å²) in [6, 6.07) is 6.37. The Hall–Kier alpha value is -2.39. The van der Waals surface area contributed by atoms with Gasteiger partial charge in [0.15, 0.2) is 6.10 Å². The first kappa shape index (κ1) is 15.7. The summed E-state index contributed by atoms with van der Waals surface area (Å²) in [6.45, 7) is 1.93. The highest BCUT2D eigenvalue weighted by Gasteiger charge is 2.21. The molecule has 0 radical (unpaired) electrons. The first-order valence-electron chi connectivity index (χ1n) is 6.09. The van der Waals surface area contributed by atoms with Gasteiger partial charge in [0.05, 0.1) is 18.2 Å². The van der Waals surface area contributed by atoms with E-state index in [9.17, 15) is 14.7 Å². The van der Waals surface area contributed by atoms with E-state index in [1.807, 2.05) is 6.07 Å². The maximum atomic E-state index is 11.3. The van der Waals surface area contributed by atoms with Crippen LogP contribution in [0.5, 0.6) is 0 Å². The summed E-state index contributed by atoms with van der Waals surface area (Å²) >= 11 is 0. The minimum atomic E-state index is -1.72. The quantitative estimate of drug-likeness (QED) is 0.756. The van der Waals surface area contributed by atoms with Gasteiger partial charge in [-0.1, -0.05) is 12.1 Å². The van der Waals surface area contributed by atoms with E-state index in [-0.39, 0.29) is 30.6 Å². The Labute approximate surface area is 116 Å². The molecule has 20 heavy (non-hydrogen) atoms. The van der Waals surface area contributed by atoms with Crippen LogP contribution < -0.4 is 0 Å². The molecule has 0 bridgehead atoms. The van der Waals surface area contributed by atoms with Crippen LogP contribution >= 0.6 is 0 Å². The van der Waals surface area contributed by atoms with Gasteiger partial charge in [0, 0.05) is 6.42 Å². The number of benzene rings is 1. The lowest BCUT2D eigenvalue weighted by Gasteiger charge is -2.13. The number of esters is 1. The van der Waals surface area contributed by atoms with E-state index >= 15 is 0 Å². The molecule has 1 atom stereocenters. The topological polar surface area (TPSA) is 108 Å². The van der Waals surface area contributed by atoms with Gasteiger partial charge in [0.25, 0.3) is 0 Å². The molecule has 0 spiro atoms. The van der Waals surface area contributed by atoms with E-state index in [2.05, 4.69) is 0 Å². The molecule has 2 N–H and O–H groups in total. The second-order valence-electron chi connectivity index (χ2n) is 4.03. The molecule has 0 aliphatic heterocycles. The third kappa shape index (κ3) is 3.80. The minimum absolute atomic E-state index is 0.0197. The normalized spacial score (nSPS) is 11.4. The average molecular weight is 277 g/mol. The van der Waals surface area contributed by atoms with Gasteiger partial charge in [-0.05, 0) is 30.5 Å². The Morgan fingerprint density at radius 3 is 2.70 bits per heavy atom. The van der Waals surface area contributed by atoms with Gasteiger partial charge >= 0.3 is 11.9 Å². The van der Waals surface area contributed by atoms with Crippen molar-refractivity contribution in [3.8, 4) is 6.07 Å². The smallest absolute Gasteiger partial charge is 0.337 e. The molecule has 6 nitrogen and oxygen atoms in total. The predicted molar refractivity (Wildman–Crippen MR) is 68.7 cm³/mol. The van der Waals surface area contributed by atoms with Crippen LogP contribution in [-0.4, -0.2) is 28.8 Å². The van der Waals surface area contributed by atoms with Crippen LogP contribution in [0.4, 0.5) is 0 Å². The Balaban J connectivity index is 3.05. The Kier molecular flexibility index (Phi) is 5.69. The van der Waals surface area contributed by atoms with E-state index in [0.29, 0.717) is 5.56 Å². The van der Waals surface area contributed by atoms with Crippen LogP contribution in [0.2, 0.25) is 0 Å². The number of hydrogen-bond acceptors (Lipinski definition) is 5. The number of carbonyl (C=O) groups is 2. The van der Waals surface area contributed by atoms with Crippen LogP contribution in [-0.2, 0) is 20.7 Å². The number of aliphatic carboxylic acids is 1. The first-order chi connectivity index (χ1) is 9.51. The highest BCUT2D eigenvalue weighted by molar-refractivity contribution is 5.75. The molecule has 0 saturated carbocycles. The molecular formula is C14H15NO5. The molecule has 1 aromatic rings. The molecule has 1 unspecified atom stereocenters. The van der Waals surface area contributed by atoms with Gasteiger partial charge in [0.1, 0.15) is 0 Å². The Morgan fingerprint density at radius 2 is 2.15 bits per heavy atom. The van der Waals surface area contributed by atoms with Gasteiger partial charge in [-0.25, -0.2) is 4.79 Å². The molecule has 0 saturated heterocycles. The van der Waals surface area contributed by atoms with E-state index in [0.717, 1.165) is 0 Å². The molecule has 1 aromatic carbocycles. The molecule has 106 valence electrons. The zero-order valence-electron chi connectivity index (χ0n) is 11.0. The van der Waals surface area contributed by atoms with Crippen LogP contribution in [0.15, 0.2) is 18.2 Å². The fraction of sp³-hybridized carbons (Fsp3) is 0.357. The number of carbonyl (C=O) groups excluding carboxylic acids is 1. The monoisotopic (exact) mass is 277 g/mol. The van der Waals surface area contributed by atoms with Crippen LogP contribution in [0.25, 0.3) is 0 Å². The standard InChI is InChI=1S/C14H15NO5/c1-2-20-12(16)7-6-10-9(8-15)4-3-5-11(10)13(17)14(18)19/h3-5,13,17H,2,6-7H2,1H3,(H,18,19). The van der Waals surface area contributed by atoms with Crippen molar-refractivity contribution in [3.63, 3.8) is 0 Å². The second-order valence-corrected chi connectivity index (χ2v) is 4.03. The van der Waals surface area contributed by atoms with Crippen LogP contribution in [0, 0.1) is 11.3 Å². The fourth-order valence-electron chi connectivity index (χ4n) is 1.84. The number of hydrogen-bond donors (Lipinski definition) is 2. The van der Waals surface area contributed by atoms with Crippen molar-refractivity contribution < 1.29 is 24.5 Å². The lowest BCUT2D eigenvalue weighted by molar-refractivity contribution is -0.147. The first-order valence-corrected chi connectivity index (χ1v) is 6.09. The Bertz CT molecular complexity index is 547. The van der Waals surface area contributed by atoms with Crippen molar-refractivity contribution in [2.24, 2.45) is 0 Å². The fourth-order valence-corrected chi connectivity index (χ4v) is 1.84. The van der Waals surface area contributed by atoms with Crippen molar-refractivity contribution in [1.82, 2.24) is 0 Å². The summed E-state index contributed by atoms with van der Waals surface area (Å²) in [5.41, 5.74) is 0.728. The lowest BCUT2D eigenvalue weighted by atomic mass is 9.94. The molecule has 0 heterocycles. The van der Waals surface area contributed by atoms with E-state index in [1.165, 1.54) is 18.2 Å². The zero-order chi connectivity index (χ0) is 15.1. The van der Waals surface area contributed by atoms with Crippen molar-refractivity contribution in [3.05, 3.63) is 34.9 Å². The van der Waals surface area contributed by atoms with E-state index < -0.39 is 18.0 Å². The number of carboxylic acid groups (broad SMARTS) is 1. The number of aliphatic hydroxyl groups excluding tert-OH is 1. The summed E-state index contributed by atoms with van der Waals surface area (Å²) in [5, 5.41) is 27.5. The van der Waals surface area contributed by atoms with Gasteiger partial charge < -0.3 is 14.9 Å². The summed E-state index contributed by atoms with van der Waals surface area (Å²) in [6.07, 6.45) is -1.56. The second kappa shape index (κ2) is 7.26. The summed E-state index contributed by atoms with van der Waals surface area (Å²) in [5.74, 6) is -1.84. The van der Waals surface area contributed by atoms with Gasteiger partial charge in [-0.3, -0.25) is 4.79 Å². The number of ether oxygens (including phenoxy) is 1. The summed E-state index contributed by atoms with van der Waals surface area (Å²) in [7, 11) is 0. The number of aliphatic hydroxyl groups is 1. The van der Waals surface area contributed by atoms with E-state index in [4.69, 9.17) is 15.1 Å². The number of nitrogens with zero attached hydrogens (tertiary/aromatic N) is 1. The number of carboxylic acids is 1. The van der Waals surface area contributed by atoms with Crippen molar-refractivity contribution in [2.45, 2.75) is 25.9 Å². The SMILES string of the molecule is CCOC(=O)CCc1c(C#N)cccc1C(O)C(=O)O. The lowest BCUT2D eigenvalue weighted by Crippen LogP contribution is -2.15. The van der Waals surface area contributed by atoms with Crippen molar-refractivity contribution in [1.29, 1.82) is 5.26 Å². The van der Waals surface area contributed by atoms with Gasteiger partial charge in [-0.15, -0.1) is 0 Å². The van der Waals surface area contributed by atoms with E-state index in [1.54, 1.807) is 6.92 Å². The van der Waals surface area contributed by atoms with Crippen LogP contribution in [0.1, 0.15) is 36.1 Å². The number of rotatable bonds is 6. The van der Waals surface area contributed by atoms with Crippen molar-refractivity contribution >= 4 is 11.9 Å². The van der Waals surface area contributed by atoms with Gasteiger partial charge in [0.2, 0.25) is 0 Å². The minimum Gasteiger partial charge on any atom is -0.479 e. The number of nitriles is 1. The molecule has 6 heteroatoms. The maximum Gasteiger partial charge on any atom is 0.337 e. The van der Waals surface area contributed by atoms with Crippen molar-refractivity contribution in [2.75, 3.05) is 6.61 Å². The Morgan fingerprint density at radius 1 is 1.45 bits per heavy atom. The molecule has 0 amide bonds. The molecule has 0 aliphatic rings. The van der Waals surface area contributed by atoms with Gasteiger partial charge in [-0.2, -0.15) is 5.26 Å². The molecule has 1 rings (SSSR count). The molecule has 0 aliphatic carbocycles. The highest BCUT2D eigenvalue weighted by atomic mass is 16.5. The molecule has 0 aromatic heterocycles. The van der Waals surface area contributed by atoms with Crippen LogP contribution in [0.3, 0.4) is 0 Å². The third-order valence-corrected chi connectivity index (χ3v) is 2.75. The maximum absolute atomic E-state index is 11.3. The summed E-state index contributed by atoms with van der Waals surface area (Å²) < 4.78 is 4.78. The molecule has 0 fully saturated rings. The third-order valence-electron chi connectivity index (χ3n) is 2.75. The highest BCUT2D eigenvalue weighted by Crippen LogP contribution is 2.23.